The van der Waals surface area contributed by atoms with Crippen LogP contribution in [0.25, 0.3) is 0 Å². The number of para-hydroxylation sites is 1. The van der Waals surface area contributed by atoms with Gasteiger partial charge in [-0.3, -0.25) is 4.72 Å². The standard InChI is InChI=1S/C16H17NO4S2/c1-22-13-9-7-12(8-10-13)11-21-16(18)14-5-3-4-6-15(14)17-23(2,19)20/h3-10,17H,11H2,1-2H3. The number of benzene rings is 2. The van der Waals surface area contributed by atoms with E-state index in [1.807, 2.05) is 30.5 Å². The highest BCUT2D eigenvalue weighted by Crippen LogP contribution is 2.19. The van der Waals surface area contributed by atoms with Gasteiger partial charge in [0.1, 0.15) is 6.61 Å². The smallest absolute Gasteiger partial charge is 0.340 e. The predicted octanol–water partition coefficient (Wildman–Crippen LogP) is 3.14. The summed E-state index contributed by atoms with van der Waals surface area (Å²) in [5, 5.41) is 0. The highest BCUT2D eigenvalue weighted by molar-refractivity contribution is 7.98. The monoisotopic (exact) mass is 351 g/mol. The highest BCUT2D eigenvalue weighted by atomic mass is 32.2. The van der Waals surface area contributed by atoms with Crippen LogP contribution >= 0.6 is 11.8 Å². The molecule has 5 nitrogen and oxygen atoms in total. The molecule has 0 aromatic heterocycles. The van der Waals surface area contributed by atoms with Crippen LogP contribution in [0.15, 0.2) is 53.4 Å². The molecule has 0 aliphatic carbocycles. The van der Waals surface area contributed by atoms with Crippen molar-refractivity contribution in [3.8, 4) is 0 Å². The Balaban J connectivity index is 2.08. The average Bonchev–Trinajstić information content (AvgIpc) is 2.52. The summed E-state index contributed by atoms with van der Waals surface area (Å²) in [5.41, 5.74) is 1.25. The van der Waals surface area contributed by atoms with E-state index in [4.69, 9.17) is 4.74 Å². The molecular weight excluding hydrogens is 334 g/mol. The van der Waals surface area contributed by atoms with Crippen LogP contribution in [0.3, 0.4) is 0 Å². The van der Waals surface area contributed by atoms with E-state index in [2.05, 4.69) is 4.72 Å². The molecule has 2 aromatic rings. The molecule has 0 aliphatic heterocycles. The number of ether oxygens (including phenoxy) is 1. The SMILES string of the molecule is CSc1ccc(COC(=O)c2ccccc2NS(C)(=O)=O)cc1. The van der Waals surface area contributed by atoms with Gasteiger partial charge in [-0.1, -0.05) is 24.3 Å². The van der Waals surface area contributed by atoms with Crippen LogP contribution in [-0.2, 0) is 21.4 Å². The zero-order valence-corrected chi connectivity index (χ0v) is 14.4. The molecule has 0 heterocycles. The number of esters is 1. The van der Waals surface area contributed by atoms with Gasteiger partial charge in [-0.25, -0.2) is 13.2 Å². The number of rotatable bonds is 6. The molecule has 0 bridgehead atoms. The Morgan fingerprint density at radius 2 is 1.78 bits per heavy atom. The summed E-state index contributed by atoms with van der Waals surface area (Å²) in [4.78, 5) is 13.3. The molecule has 2 rings (SSSR count). The molecule has 0 aliphatic rings. The third-order valence-corrected chi connectivity index (χ3v) is 4.31. The summed E-state index contributed by atoms with van der Waals surface area (Å²) in [5.74, 6) is -0.578. The topological polar surface area (TPSA) is 72.5 Å². The molecular formula is C16H17NO4S2. The summed E-state index contributed by atoms with van der Waals surface area (Å²) < 4.78 is 30.3. The molecule has 122 valence electrons. The van der Waals surface area contributed by atoms with Crippen molar-refractivity contribution in [2.75, 3.05) is 17.2 Å². The quantitative estimate of drug-likeness (QED) is 0.639. The van der Waals surface area contributed by atoms with Gasteiger partial charge in [-0.2, -0.15) is 0 Å². The summed E-state index contributed by atoms with van der Waals surface area (Å²) >= 11 is 1.63. The van der Waals surface area contributed by atoms with Crippen LogP contribution in [0.2, 0.25) is 0 Å². The molecule has 23 heavy (non-hydrogen) atoms. The second-order valence-corrected chi connectivity index (χ2v) is 7.47. The Bertz CT molecular complexity index is 786. The molecule has 0 atom stereocenters. The maximum atomic E-state index is 12.2. The summed E-state index contributed by atoms with van der Waals surface area (Å²) in [6.45, 7) is 0.126. The van der Waals surface area contributed by atoms with Crippen LogP contribution in [0.1, 0.15) is 15.9 Å². The van der Waals surface area contributed by atoms with Crippen LogP contribution < -0.4 is 4.72 Å². The minimum atomic E-state index is -3.47. The Morgan fingerprint density at radius 1 is 1.13 bits per heavy atom. The van der Waals surface area contributed by atoms with Gasteiger partial charge in [0.2, 0.25) is 10.0 Å². The maximum absolute atomic E-state index is 12.2. The number of carbonyl (C=O) groups excluding carboxylic acids is 1. The van der Waals surface area contributed by atoms with Crippen LogP contribution in [0.5, 0.6) is 0 Å². The van der Waals surface area contributed by atoms with Crippen molar-refractivity contribution >= 4 is 33.4 Å². The van der Waals surface area contributed by atoms with Crippen LogP contribution in [-0.4, -0.2) is 26.9 Å². The lowest BCUT2D eigenvalue weighted by atomic mass is 10.2. The van der Waals surface area contributed by atoms with E-state index in [9.17, 15) is 13.2 Å². The molecule has 0 radical (unpaired) electrons. The first-order chi connectivity index (χ1) is 10.9. The van der Waals surface area contributed by atoms with Crippen molar-refractivity contribution in [3.63, 3.8) is 0 Å². The lowest BCUT2D eigenvalue weighted by Gasteiger charge is -2.10. The number of hydrogen-bond donors (Lipinski definition) is 1. The van der Waals surface area contributed by atoms with E-state index in [0.29, 0.717) is 0 Å². The fraction of sp³-hybridized carbons (Fsp3) is 0.188. The van der Waals surface area contributed by atoms with Gasteiger partial charge >= 0.3 is 5.97 Å². The Morgan fingerprint density at radius 3 is 2.39 bits per heavy atom. The Hall–Kier alpha value is -1.99. The van der Waals surface area contributed by atoms with Crippen molar-refractivity contribution in [2.45, 2.75) is 11.5 Å². The van der Waals surface area contributed by atoms with Crippen molar-refractivity contribution in [1.29, 1.82) is 0 Å². The van der Waals surface area contributed by atoms with Gasteiger partial charge in [0.25, 0.3) is 0 Å². The third kappa shape index (κ3) is 5.30. The summed E-state index contributed by atoms with van der Waals surface area (Å²) in [7, 11) is -3.47. The normalized spacial score (nSPS) is 11.0. The van der Waals surface area contributed by atoms with E-state index >= 15 is 0 Å². The number of sulfonamides is 1. The number of thioether (sulfide) groups is 1. The lowest BCUT2D eigenvalue weighted by molar-refractivity contribution is 0.0474. The molecule has 0 amide bonds. The number of anilines is 1. The molecule has 2 aromatic carbocycles. The average molecular weight is 351 g/mol. The maximum Gasteiger partial charge on any atom is 0.340 e. The van der Waals surface area contributed by atoms with Gasteiger partial charge < -0.3 is 4.74 Å². The number of hydrogen-bond acceptors (Lipinski definition) is 5. The molecule has 0 saturated carbocycles. The van der Waals surface area contributed by atoms with Gasteiger partial charge in [-0.15, -0.1) is 11.8 Å². The first-order valence-corrected chi connectivity index (χ1v) is 9.87. The van der Waals surface area contributed by atoms with Crippen molar-refractivity contribution in [3.05, 3.63) is 59.7 Å². The van der Waals surface area contributed by atoms with E-state index < -0.39 is 16.0 Å². The largest absolute Gasteiger partial charge is 0.457 e. The Kier molecular flexibility index (Phi) is 5.68. The van der Waals surface area contributed by atoms with Gasteiger partial charge in [0.05, 0.1) is 17.5 Å². The van der Waals surface area contributed by atoms with E-state index in [-0.39, 0.29) is 17.9 Å². The van der Waals surface area contributed by atoms with Crippen molar-refractivity contribution in [2.24, 2.45) is 0 Å². The highest BCUT2D eigenvalue weighted by Gasteiger charge is 2.15. The molecule has 0 spiro atoms. The minimum absolute atomic E-state index is 0.126. The van der Waals surface area contributed by atoms with Gasteiger partial charge in [0, 0.05) is 4.90 Å². The van der Waals surface area contributed by atoms with E-state index in [1.54, 1.807) is 23.9 Å². The minimum Gasteiger partial charge on any atom is -0.457 e. The lowest BCUT2D eigenvalue weighted by Crippen LogP contribution is -2.14. The van der Waals surface area contributed by atoms with Crippen molar-refractivity contribution < 1.29 is 17.9 Å². The fourth-order valence-electron chi connectivity index (χ4n) is 1.90. The second kappa shape index (κ2) is 7.52. The van der Waals surface area contributed by atoms with E-state index in [1.165, 1.54) is 12.1 Å². The predicted molar refractivity (Wildman–Crippen MR) is 92.3 cm³/mol. The molecule has 0 unspecified atom stereocenters. The molecule has 0 fully saturated rings. The number of carbonyl (C=O) groups is 1. The van der Waals surface area contributed by atoms with Gasteiger partial charge in [0.15, 0.2) is 0 Å². The fourth-order valence-corrected chi connectivity index (χ4v) is 2.88. The first kappa shape index (κ1) is 17.4. The molecule has 0 saturated heterocycles. The number of nitrogens with one attached hydrogen (secondary N) is 1. The third-order valence-electron chi connectivity index (χ3n) is 2.97. The van der Waals surface area contributed by atoms with Gasteiger partial charge in [-0.05, 0) is 36.1 Å². The molecule has 7 heteroatoms. The zero-order chi connectivity index (χ0) is 16.9. The van der Waals surface area contributed by atoms with E-state index in [0.717, 1.165) is 16.7 Å². The first-order valence-electron chi connectivity index (χ1n) is 6.76. The summed E-state index contributed by atoms with van der Waals surface area (Å²) in [6, 6.07) is 14.0. The summed E-state index contributed by atoms with van der Waals surface area (Å²) in [6.07, 6.45) is 3.02. The Labute approximate surface area is 140 Å². The van der Waals surface area contributed by atoms with Crippen molar-refractivity contribution in [1.82, 2.24) is 0 Å². The van der Waals surface area contributed by atoms with Crippen LogP contribution in [0.4, 0.5) is 5.69 Å². The van der Waals surface area contributed by atoms with Crippen LogP contribution in [0, 0.1) is 0 Å². The zero-order valence-electron chi connectivity index (χ0n) is 12.8. The second-order valence-electron chi connectivity index (χ2n) is 4.84. The molecule has 1 N–H and O–H groups in total.